The van der Waals surface area contributed by atoms with E-state index in [0.29, 0.717) is 4.88 Å². The van der Waals surface area contributed by atoms with E-state index in [0.717, 1.165) is 48.9 Å². The lowest BCUT2D eigenvalue weighted by Crippen LogP contribution is -2.06. The molecule has 100 valence electrons. The van der Waals surface area contributed by atoms with Gasteiger partial charge in [-0.15, -0.1) is 11.3 Å². The smallest absolute Gasteiger partial charge is 0.346 e. The largest absolute Gasteiger partial charge is 0.477 e. The number of nitrogens with one attached hydrogen (secondary N) is 1. The number of thiophene rings is 1. The highest BCUT2D eigenvalue weighted by atomic mass is 32.1. The number of carboxylic acids is 1. The van der Waals surface area contributed by atoms with Crippen molar-refractivity contribution in [3.05, 3.63) is 27.1 Å². The first kappa shape index (κ1) is 12.4. The Balaban J connectivity index is 2.15. The van der Waals surface area contributed by atoms with E-state index in [4.69, 9.17) is 0 Å². The SMILES string of the molecule is CCCCc1sc(C(=O)O)c2c1-c1[nH]ncc1CC2. The third kappa shape index (κ3) is 1.98. The number of aromatic amines is 1. The topological polar surface area (TPSA) is 66.0 Å². The Morgan fingerprint density at radius 2 is 2.37 bits per heavy atom. The van der Waals surface area contributed by atoms with Gasteiger partial charge in [0.05, 0.1) is 11.9 Å². The van der Waals surface area contributed by atoms with Crippen molar-refractivity contribution in [3.8, 4) is 11.3 Å². The molecule has 1 aliphatic carbocycles. The van der Waals surface area contributed by atoms with E-state index in [1.165, 1.54) is 21.8 Å². The molecule has 0 radical (unpaired) electrons. The molecule has 0 saturated heterocycles. The van der Waals surface area contributed by atoms with Crippen LogP contribution in [-0.4, -0.2) is 21.3 Å². The molecule has 3 rings (SSSR count). The molecule has 0 aliphatic heterocycles. The number of aryl methyl sites for hydroxylation is 2. The van der Waals surface area contributed by atoms with Crippen LogP contribution in [0.4, 0.5) is 0 Å². The molecule has 0 saturated carbocycles. The fraction of sp³-hybridized carbons (Fsp3) is 0.429. The molecule has 2 aromatic heterocycles. The van der Waals surface area contributed by atoms with Crippen molar-refractivity contribution in [2.45, 2.75) is 39.0 Å². The predicted molar refractivity (Wildman–Crippen MR) is 74.9 cm³/mol. The van der Waals surface area contributed by atoms with Crippen molar-refractivity contribution in [1.82, 2.24) is 10.2 Å². The molecule has 2 heterocycles. The highest BCUT2D eigenvalue weighted by Crippen LogP contribution is 2.42. The second-order valence-electron chi connectivity index (χ2n) is 4.89. The van der Waals surface area contributed by atoms with Crippen LogP contribution in [0.1, 0.15) is 45.4 Å². The van der Waals surface area contributed by atoms with Gasteiger partial charge in [0, 0.05) is 10.4 Å². The summed E-state index contributed by atoms with van der Waals surface area (Å²) in [7, 11) is 0. The van der Waals surface area contributed by atoms with E-state index in [2.05, 4.69) is 17.1 Å². The van der Waals surface area contributed by atoms with E-state index in [-0.39, 0.29) is 0 Å². The zero-order chi connectivity index (χ0) is 13.4. The first-order valence-electron chi connectivity index (χ1n) is 6.62. The zero-order valence-corrected chi connectivity index (χ0v) is 11.6. The molecular weight excluding hydrogens is 260 g/mol. The summed E-state index contributed by atoms with van der Waals surface area (Å²) in [5.41, 5.74) is 4.37. The molecule has 5 heteroatoms. The fourth-order valence-electron chi connectivity index (χ4n) is 2.71. The number of aromatic nitrogens is 2. The van der Waals surface area contributed by atoms with Crippen molar-refractivity contribution in [3.63, 3.8) is 0 Å². The molecule has 4 nitrogen and oxygen atoms in total. The van der Waals surface area contributed by atoms with Crippen LogP contribution in [0.15, 0.2) is 6.20 Å². The molecule has 0 bridgehead atoms. The van der Waals surface area contributed by atoms with Gasteiger partial charge in [0.25, 0.3) is 0 Å². The van der Waals surface area contributed by atoms with Gasteiger partial charge in [-0.1, -0.05) is 13.3 Å². The normalized spacial score (nSPS) is 13.1. The molecule has 0 spiro atoms. The highest BCUT2D eigenvalue weighted by molar-refractivity contribution is 7.14. The van der Waals surface area contributed by atoms with Gasteiger partial charge in [-0.05, 0) is 36.8 Å². The van der Waals surface area contributed by atoms with Crippen molar-refractivity contribution in [2.75, 3.05) is 0 Å². The molecule has 2 aromatic rings. The summed E-state index contributed by atoms with van der Waals surface area (Å²) in [6, 6.07) is 0. The number of fused-ring (bicyclic) bond motifs is 3. The lowest BCUT2D eigenvalue weighted by molar-refractivity contribution is 0.0701. The predicted octanol–water partition coefficient (Wildman–Crippen LogP) is 3.28. The first-order chi connectivity index (χ1) is 9.22. The second-order valence-corrected chi connectivity index (χ2v) is 5.99. The summed E-state index contributed by atoms with van der Waals surface area (Å²) in [6.07, 6.45) is 6.71. The van der Waals surface area contributed by atoms with Crippen LogP contribution in [0, 0.1) is 0 Å². The van der Waals surface area contributed by atoms with Gasteiger partial charge in [-0.25, -0.2) is 4.79 Å². The fourth-order valence-corrected chi connectivity index (χ4v) is 3.94. The van der Waals surface area contributed by atoms with Gasteiger partial charge in [0.2, 0.25) is 0 Å². The lowest BCUT2D eigenvalue weighted by atomic mass is 9.90. The van der Waals surface area contributed by atoms with Gasteiger partial charge in [0.15, 0.2) is 0 Å². The Bertz CT molecular complexity index is 627. The summed E-state index contributed by atoms with van der Waals surface area (Å²) in [5, 5.41) is 16.5. The first-order valence-corrected chi connectivity index (χ1v) is 7.44. The number of H-pyrrole nitrogens is 1. The molecule has 0 amide bonds. The summed E-state index contributed by atoms with van der Waals surface area (Å²) in [5.74, 6) is -0.799. The number of nitrogens with zero attached hydrogens (tertiary/aromatic N) is 1. The number of carboxylic acid groups (broad SMARTS) is 1. The highest BCUT2D eigenvalue weighted by Gasteiger charge is 2.28. The third-order valence-electron chi connectivity index (χ3n) is 3.64. The average molecular weight is 276 g/mol. The maximum atomic E-state index is 11.4. The van der Waals surface area contributed by atoms with E-state index < -0.39 is 5.97 Å². The zero-order valence-electron chi connectivity index (χ0n) is 10.8. The van der Waals surface area contributed by atoms with E-state index in [1.54, 1.807) is 0 Å². The number of aromatic carboxylic acids is 1. The summed E-state index contributed by atoms with van der Waals surface area (Å²) in [4.78, 5) is 13.1. The Labute approximate surface area is 115 Å². The Morgan fingerprint density at radius 1 is 1.53 bits per heavy atom. The van der Waals surface area contributed by atoms with Gasteiger partial charge in [-0.3, -0.25) is 5.10 Å². The number of hydrogen-bond acceptors (Lipinski definition) is 3. The molecule has 0 aromatic carbocycles. The number of carbonyl (C=O) groups is 1. The minimum atomic E-state index is -0.799. The molecular formula is C14H16N2O2S. The molecule has 0 fully saturated rings. The molecule has 1 aliphatic rings. The van der Waals surface area contributed by atoms with Crippen LogP contribution in [-0.2, 0) is 19.3 Å². The quantitative estimate of drug-likeness (QED) is 0.900. The van der Waals surface area contributed by atoms with Crippen LogP contribution < -0.4 is 0 Å². The standard InChI is InChI=1S/C14H16N2O2S/c1-2-3-4-10-11-9(13(19-10)14(17)18)6-5-8-7-15-16-12(8)11/h7H,2-6H2,1H3,(H,15,16)(H,17,18). The monoisotopic (exact) mass is 276 g/mol. The van der Waals surface area contributed by atoms with Crippen molar-refractivity contribution >= 4 is 17.3 Å². The summed E-state index contributed by atoms with van der Waals surface area (Å²) >= 11 is 1.44. The van der Waals surface area contributed by atoms with Crippen molar-refractivity contribution in [2.24, 2.45) is 0 Å². The maximum Gasteiger partial charge on any atom is 0.346 e. The third-order valence-corrected chi connectivity index (χ3v) is 4.92. The van der Waals surface area contributed by atoms with Gasteiger partial charge < -0.3 is 5.11 Å². The molecule has 19 heavy (non-hydrogen) atoms. The second kappa shape index (κ2) is 4.81. The van der Waals surface area contributed by atoms with Crippen LogP contribution in [0.2, 0.25) is 0 Å². The van der Waals surface area contributed by atoms with Crippen LogP contribution in [0.5, 0.6) is 0 Å². The molecule has 0 unspecified atom stereocenters. The summed E-state index contributed by atoms with van der Waals surface area (Å²) < 4.78 is 0. The molecule has 0 atom stereocenters. The Hall–Kier alpha value is -1.62. The van der Waals surface area contributed by atoms with Crippen LogP contribution in [0.3, 0.4) is 0 Å². The van der Waals surface area contributed by atoms with Crippen molar-refractivity contribution < 1.29 is 9.90 Å². The Kier molecular flexibility index (Phi) is 3.14. The van der Waals surface area contributed by atoms with E-state index >= 15 is 0 Å². The maximum absolute atomic E-state index is 11.4. The molecule has 2 N–H and O–H groups in total. The van der Waals surface area contributed by atoms with E-state index in [9.17, 15) is 9.90 Å². The van der Waals surface area contributed by atoms with E-state index in [1.807, 2.05) is 6.20 Å². The van der Waals surface area contributed by atoms with Gasteiger partial charge in [-0.2, -0.15) is 5.10 Å². The average Bonchev–Trinajstić information content (AvgIpc) is 2.99. The summed E-state index contributed by atoms with van der Waals surface area (Å²) in [6.45, 7) is 2.15. The Morgan fingerprint density at radius 3 is 3.11 bits per heavy atom. The van der Waals surface area contributed by atoms with Gasteiger partial charge in [0.1, 0.15) is 4.88 Å². The minimum absolute atomic E-state index is 0.515. The van der Waals surface area contributed by atoms with Gasteiger partial charge >= 0.3 is 5.97 Å². The van der Waals surface area contributed by atoms with Crippen molar-refractivity contribution in [1.29, 1.82) is 0 Å². The number of unbranched alkanes of at least 4 members (excludes halogenated alkanes) is 1. The minimum Gasteiger partial charge on any atom is -0.477 e. The van der Waals surface area contributed by atoms with Crippen LogP contribution in [0.25, 0.3) is 11.3 Å². The number of rotatable bonds is 4. The lowest BCUT2D eigenvalue weighted by Gasteiger charge is -2.14. The number of hydrogen-bond donors (Lipinski definition) is 2. The van der Waals surface area contributed by atoms with Crippen LogP contribution >= 0.6 is 11.3 Å².